The Morgan fingerprint density at radius 1 is 0.327 bits per heavy atom. The smallest absolute Gasteiger partial charge is 0.0998 e. The monoisotopic (exact) mass is 699 g/mol. The third-order valence-corrected chi connectivity index (χ3v) is 11.1. The topological polar surface area (TPSA) is 62.4 Å². The molecule has 11 rings (SSSR count). The van der Waals surface area contributed by atoms with Crippen molar-refractivity contribution in [3.8, 4) is 40.3 Å². The van der Waals surface area contributed by atoms with Crippen LogP contribution >= 0.6 is 0 Å². The summed E-state index contributed by atoms with van der Waals surface area (Å²) < 4.78 is 6.86. The lowest BCUT2D eigenvalue weighted by Gasteiger charge is -2.13. The van der Waals surface area contributed by atoms with Crippen molar-refractivity contribution in [2.24, 2.45) is 0 Å². The van der Waals surface area contributed by atoms with Crippen LogP contribution in [0.15, 0.2) is 176 Å². The van der Waals surface area contributed by atoms with Crippen molar-refractivity contribution in [2.75, 3.05) is 0 Å². The van der Waals surface area contributed by atoms with Gasteiger partial charge < -0.3 is 13.7 Å². The molecule has 0 saturated carbocycles. The normalized spacial score (nSPS) is 11.6. The second-order valence-corrected chi connectivity index (χ2v) is 14.0. The molecule has 5 heteroatoms. The first kappa shape index (κ1) is 30.7. The van der Waals surface area contributed by atoms with E-state index in [0.29, 0.717) is 11.1 Å². The van der Waals surface area contributed by atoms with Gasteiger partial charge in [-0.15, -0.1) is 0 Å². The van der Waals surface area contributed by atoms with E-state index in [1.165, 1.54) is 32.6 Å². The van der Waals surface area contributed by atoms with Gasteiger partial charge in [0.25, 0.3) is 0 Å². The van der Waals surface area contributed by atoms with Gasteiger partial charge in [-0.05, 0) is 83.9 Å². The molecule has 0 aliphatic carbocycles. The average Bonchev–Trinajstić information content (AvgIpc) is 3.89. The minimum atomic E-state index is 0.584. The number of nitriles is 2. The first-order valence-corrected chi connectivity index (χ1v) is 18.3. The quantitative estimate of drug-likeness (QED) is 0.184. The summed E-state index contributed by atoms with van der Waals surface area (Å²) in [6, 6.07) is 66.0. The number of rotatable bonds is 4. The number of benzene rings is 8. The summed E-state index contributed by atoms with van der Waals surface area (Å²) in [5.41, 5.74) is 12.6. The molecule has 11 aromatic rings. The fraction of sp³-hybridized carbons (Fsp3) is 0. The van der Waals surface area contributed by atoms with Crippen LogP contribution in [0.5, 0.6) is 0 Å². The van der Waals surface area contributed by atoms with Gasteiger partial charge in [0, 0.05) is 49.4 Å². The van der Waals surface area contributed by atoms with Crippen LogP contribution in [-0.2, 0) is 0 Å². The molecular weight excluding hydrogens is 671 g/mol. The molecule has 0 atom stereocenters. The van der Waals surface area contributed by atoms with Gasteiger partial charge in [0.05, 0.1) is 56.4 Å². The second-order valence-electron chi connectivity index (χ2n) is 14.0. The zero-order valence-electron chi connectivity index (χ0n) is 29.5. The molecule has 8 aromatic carbocycles. The van der Waals surface area contributed by atoms with E-state index in [1.807, 2.05) is 42.5 Å². The van der Waals surface area contributed by atoms with Gasteiger partial charge in [0.2, 0.25) is 0 Å². The lowest BCUT2D eigenvalue weighted by atomic mass is 9.99. The molecule has 0 amide bonds. The van der Waals surface area contributed by atoms with Crippen molar-refractivity contribution in [2.45, 2.75) is 0 Å². The third kappa shape index (κ3) is 4.45. The van der Waals surface area contributed by atoms with Crippen LogP contribution in [-0.4, -0.2) is 13.7 Å². The molecule has 0 N–H and O–H groups in total. The van der Waals surface area contributed by atoms with Gasteiger partial charge in [-0.2, -0.15) is 10.5 Å². The Kier molecular flexibility index (Phi) is 6.61. The molecule has 254 valence electrons. The maximum atomic E-state index is 10.5. The highest BCUT2D eigenvalue weighted by Gasteiger charge is 2.19. The Morgan fingerprint density at radius 2 is 0.782 bits per heavy atom. The van der Waals surface area contributed by atoms with Crippen LogP contribution in [0.25, 0.3) is 93.6 Å². The number of nitrogens with zero attached hydrogens (tertiary/aromatic N) is 5. The van der Waals surface area contributed by atoms with E-state index in [0.717, 1.165) is 61.0 Å². The summed E-state index contributed by atoms with van der Waals surface area (Å²) >= 11 is 0. The predicted molar refractivity (Wildman–Crippen MR) is 224 cm³/mol. The predicted octanol–water partition coefficient (Wildman–Crippen LogP) is 12.4. The molecule has 0 fully saturated rings. The Hall–Kier alpha value is -7.86. The first-order valence-electron chi connectivity index (χ1n) is 18.3. The molecule has 55 heavy (non-hydrogen) atoms. The minimum absolute atomic E-state index is 0.584. The van der Waals surface area contributed by atoms with Crippen molar-refractivity contribution in [1.29, 1.82) is 10.5 Å². The summed E-state index contributed by atoms with van der Waals surface area (Å²) in [5, 5.41) is 27.2. The fourth-order valence-corrected chi connectivity index (χ4v) is 8.77. The maximum Gasteiger partial charge on any atom is 0.0998 e. The Morgan fingerprint density at radius 3 is 1.40 bits per heavy atom. The fourth-order valence-electron chi connectivity index (χ4n) is 8.77. The number of hydrogen-bond donors (Lipinski definition) is 0. The van der Waals surface area contributed by atoms with Gasteiger partial charge in [0.15, 0.2) is 0 Å². The molecule has 3 aromatic heterocycles. The summed E-state index contributed by atoms with van der Waals surface area (Å²) in [5.74, 6) is 0. The summed E-state index contributed by atoms with van der Waals surface area (Å²) in [6.45, 7) is 0. The van der Waals surface area contributed by atoms with Crippen molar-refractivity contribution in [1.82, 2.24) is 13.7 Å². The van der Waals surface area contributed by atoms with Gasteiger partial charge in [0.1, 0.15) is 0 Å². The minimum Gasteiger partial charge on any atom is -0.309 e. The van der Waals surface area contributed by atoms with Crippen molar-refractivity contribution >= 4 is 65.4 Å². The average molecular weight is 700 g/mol. The number of hydrogen-bond acceptors (Lipinski definition) is 2. The SMILES string of the molecule is N#Cc1cc(-n2c3ccccc3c3c(C#N)cccc32)ccc1-c1ccc(-n2c3ccccc3c3ccc(-n4c5ccccc5c5ccccc54)cc32)cc1. The molecule has 0 bridgehead atoms. The Bertz CT molecular complexity index is 3400. The molecule has 0 unspecified atom stereocenters. The van der Waals surface area contributed by atoms with Crippen LogP contribution in [0, 0.1) is 22.7 Å². The Balaban J connectivity index is 1.04. The van der Waals surface area contributed by atoms with Crippen LogP contribution in [0.3, 0.4) is 0 Å². The van der Waals surface area contributed by atoms with Crippen LogP contribution in [0.4, 0.5) is 0 Å². The second kappa shape index (κ2) is 11.8. The number of fused-ring (bicyclic) bond motifs is 9. The van der Waals surface area contributed by atoms with E-state index < -0.39 is 0 Å². The van der Waals surface area contributed by atoms with Gasteiger partial charge >= 0.3 is 0 Å². The first-order chi connectivity index (χ1) is 27.2. The zero-order valence-corrected chi connectivity index (χ0v) is 29.5. The standard InChI is InChI=1S/C50H29N5/c51-30-33-10-9-19-48-50(33)43-14-4-8-18-47(43)55(48)36-24-26-38(34(28-36)31-52)32-20-22-35(23-21-32)53-44-15-5-3-13-41(44)42-27-25-37(29-49(42)53)54-45-16-6-1-11-39(45)40-12-2-7-17-46(40)54/h1-29H. The largest absolute Gasteiger partial charge is 0.309 e. The van der Waals surface area contributed by atoms with Gasteiger partial charge in [-0.25, -0.2) is 0 Å². The van der Waals surface area contributed by atoms with E-state index >= 15 is 0 Å². The van der Waals surface area contributed by atoms with Gasteiger partial charge in [-0.1, -0.05) is 103 Å². The lowest BCUT2D eigenvalue weighted by molar-refractivity contribution is 1.15. The highest BCUT2D eigenvalue weighted by molar-refractivity contribution is 6.13. The summed E-state index contributed by atoms with van der Waals surface area (Å²) in [6.07, 6.45) is 0. The van der Waals surface area contributed by atoms with E-state index in [4.69, 9.17) is 0 Å². The lowest BCUT2D eigenvalue weighted by Crippen LogP contribution is -1.98. The van der Waals surface area contributed by atoms with Crippen molar-refractivity contribution < 1.29 is 0 Å². The maximum absolute atomic E-state index is 10.5. The Labute approximate surface area is 316 Å². The number of aromatic nitrogens is 3. The molecule has 0 aliphatic rings. The summed E-state index contributed by atoms with van der Waals surface area (Å²) in [4.78, 5) is 0. The molecular formula is C50H29N5. The molecule has 0 radical (unpaired) electrons. The van der Waals surface area contributed by atoms with E-state index in [-0.39, 0.29) is 0 Å². The molecule has 0 aliphatic heterocycles. The third-order valence-electron chi connectivity index (χ3n) is 11.1. The summed E-state index contributed by atoms with van der Waals surface area (Å²) in [7, 11) is 0. The highest BCUT2D eigenvalue weighted by atomic mass is 15.0. The van der Waals surface area contributed by atoms with Crippen LogP contribution in [0.2, 0.25) is 0 Å². The zero-order chi connectivity index (χ0) is 36.6. The molecule has 0 saturated heterocycles. The van der Waals surface area contributed by atoms with E-state index in [9.17, 15) is 10.5 Å². The van der Waals surface area contributed by atoms with E-state index in [1.54, 1.807) is 0 Å². The van der Waals surface area contributed by atoms with Crippen LogP contribution < -0.4 is 0 Å². The van der Waals surface area contributed by atoms with Gasteiger partial charge in [-0.3, -0.25) is 0 Å². The highest BCUT2D eigenvalue weighted by Crippen LogP contribution is 2.39. The molecule has 5 nitrogen and oxygen atoms in total. The van der Waals surface area contributed by atoms with E-state index in [2.05, 4.69) is 159 Å². The van der Waals surface area contributed by atoms with Crippen molar-refractivity contribution in [3.63, 3.8) is 0 Å². The number of para-hydroxylation sites is 4. The van der Waals surface area contributed by atoms with Crippen LogP contribution in [0.1, 0.15) is 11.1 Å². The molecule has 0 spiro atoms. The van der Waals surface area contributed by atoms with Crippen molar-refractivity contribution in [3.05, 3.63) is 187 Å². The molecule has 3 heterocycles.